The van der Waals surface area contributed by atoms with E-state index in [1.54, 1.807) is 11.3 Å². The third-order valence-electron chi connectivity index (χ3n) is 1.74. The number of rotatable bonds is 4. The molecule has 0 unspecified atom stereocenters. The largest absolute Gasteiger partial charge is 0.297 e. The first kappa shape index (κ1) is 8.68. The highest BCUT2D eigenvalue weighted by Crippen LogP contribution is 2.06. The van der Waals surface area contributed by atoms with Crippen LogP contribution < -0.4 is 0 Å². The quantitative estimate of drug-likeness (QED) is 0.687. The van der Waals surface area contributed by atoms with Crippen LogP contribution in [0, 0.1) is 0 Å². The lowest BCUT2D eigenvalue weighted by molar-refractivity contribution is 0.295. The molecule has 0 fully saturated rings. The first-order valence-electron chi connectivity index (χ1n) is 3.97. The van der Waals surface area contributed by atoms with Crippen molar-refractivity contribution < 1.29 is 0 Å². The van der Waals surface area contributed by atoms with E-state index in [1.165, 1.54) is 5.01 Å². The molecule has 0 N–H and O–H groups in total. The van der Waals surface area contributed by atoms with E-state index in [0.29, 0.717) is 0 Å². The molecular formula is C8H14N2S. The van der Waals surface area contributed by atoms with Crippen molar-refractivity contribution in [3.05, 3.63) is 16.6 Å². The fraction of sp³-hybridized carbons (Fsp3) is 0.625. The molecule has 1 aromatic rings. The average Bonchev–Trinajstić information content (AvgIpc) is 2.52. The van der Waals surface area contributed by atoms with Gasteiger partial charge in [0.05, 0.1) is 6.54 Å². The van der Waals surface area contributed by atoms with Crippen LogP contribution in [-0.4, -0.2) is 23.0 Å². The minimum absolute atomic E-state index is 1.00. The van der Waals surface area contributed by atoms with Crippen LogP contribution in [0.25, 0.3) is 0 Å². The first-order valence-corrected chi connectivity index (χ1v) is 4.85. The molecule has 62 valence electrons. The molecule has 0 saturated carbocycles. The molecule has 1 heterocycles. The molecule has 0 aliphatic rings. The Morgan fingerprint density at radius 3 is 2.64 bits per heavy atom. The Morgan fingerprint density at radius 1 is 1.45 bits per heavy atom. The van der Waals surface area contributed by atoms with Gasteiger partial charge in [-0.1, -0.05) is 13.8 Å². The van der Waals surface area contributed by atoms with Crippen LogP contribution >= 0.6 is 11.3 Å². The standard InChI is InChI=1S/C8H14N2S/c1-3-10(4-2)7-8-9-5-6-11-8/h5-6H,3-4,7H2,1-2H3. The summed E-state index contributed by atoms with van der Waals surface area (Å²) in [6.45, 7) is 7.57. The zero-order valence-electron chi connectivity index (χ0n) is 7.08. The molecule has 0 radical (unpaired) electrons. The Labute approximate surface area is 71.9 Å². The predicted molar refractivity (Wildman–Crippen MR) is 48.7 cm³/mol. The van der Waals surface area contributed by atoms with Crippen LogP contribution in [0.4, 0.5) is 0 Å². The van der Waals surface area contributed by atoms with E-state index in [9.17, 15) is 0 Å². The number of aromatic nitrogens is 1. The summed E-state index contributed by atoms with van der Waals surface area (Å²) in [6, 6.07) is 0. The summed E-state index contributed by atoms with van der Waals surface area (Å²) in [4.78, 5) is 6.59. The van der Waals surface area contributed by atoms with Gasteiger partial charge in [0.15, 0.2) is 0 Å². The van der Waals surface area contributed by atoms with Gasteiger partial charge < -0.3 is 0 Å². The maximum absolute atomic E-state index is 4.23. The maximum atomic E-state index is 4.23. The summed E-state index contributed by atoms with van der Waals surface area (Å²) in [7, 11) is 0. The molecule has 2 nitrogen and oxygen atoms in total. The second-order valence-electron chi connectivity index (χ2n) is 2.39. The molecule has 0 aliphatic carbocycles. The Balaban J connectivity index is 2.41. The molecule has 1 aromatic heterocycles. The summed E-state index contributed by atoms with van der Waals surface area (Å²) >= 11 is 1.73. The van der Waals surface area contributed by atoms with Gasteiger partial charge in [-0.2, -0.15) is 0 Å². The van der Waals surface area contributed by atoms with E-state index in [1.807, 2.05) is 11.6 Å². The molecule has 0 spiro atoms. The average molecular weight is 170 g/mol. The van der Waals surface area contributed by atoms with Gasteiger partial charge in [-0.15, -0.1) is 11.3 Å². The van der Waals surface area contributed by atoms with Crippen LogP contribution in [-0.2, 0) is 6.54 Å². The van der Waals surface area contributed by atoms with Gasteiger partial charge in [-0.25, -0.2) is 4.98 Å². The van der Waals surface area contributed by atoms with Gasteiger partial charge in [0.1, 0.15) is 5.01 Å². The summed E-state index contributed by atoms with van der Waals surface area (Å²) in [6.07, 6.45) is 1.86. The molecule has 0 aliphatic heterocycles. The van der Waals surface area contributed by atoms with Crippen LogP contribution in [0.1, 0.15) is 18.9 Å². The minimum atomic E-state index is 1.00. The SMILES string of the molecule is CCN(CC)Cc1nccs1. The van der Waals surface area contributed by atoms with Crippen molar-refractivity contribution in [3.63, 3.8) is 0 Å². The van der Waals surface area contributed by atoms with E-state index in [0.717, 1.165) is 19.6 Å². The Bertz CT molecular complexity index is 180. The molecule has 0 saturated heterocycles. The fourth-order valence-corrected chi connectivity index (χ4v) is 1.63. The predicted octanol–water partition coefficient (Wildman–Crippen LogP) is 1.98. The van der Waals surface area contributed by atoms with Crippen molar-refractivity contribution in [2.24, 2.45) is 0 Å². The molecule has 0 aromatic carbocycles. The lowest BCUT2D eigenvalue weighted by Gasteiger charge is -2.15. The van der Waals surface area contributed by atoms with Gasteiger partial charge in [-0.05, 0) is 13.1 Å². The van der Waals surface area contributed by atoms with Crippen molar-refractivity contribution in [1.82, 2.24) is 9.88 Å². The Hall–Kier alpha value is -0.410. The second kappa shape index (κ2) is 4.46. The van der Waals surface area contributed by atoms with E-state index < -0.39 is 0 Å². The second-order valence-corrected chi connectivity index (χ2v) is 3.37. The Morgan fingerprint density at radius 2 is 2.18 bits per heavy atom. The van der Waals surface area contributed by atoms with Crippen molar-refractivity contribution >= 4 is 11.3 Å². The number of nitrogens with zero attached hydrogens (tertiary/aromatic N) is 2. The molecule has 0 atom stereocenters. The van der Waals surface area contributed by atoms with E-state index in [-0.39, 0.29) is 0 Å². The van der Waals surface area contributed by atoms with Gasteiger partial charge in [0.25, 0.3) is 0 Å². The third kappa shape index (κ3) is 2.60. The monoisotopic (exact) mass is 170 g/mol. The van der Waals surface area contributed by atoms with Gasteiger partial charge in [-0.3, -0.25) is 4.90 Å². The molecule has 0 bridgehead atoms. The smallest absolute Gasteiger partial charge is 0.107 e. The number of hydrogen-bond donors (Lipinski definition) is 0. The van der Waals surface area contributed by atoms with E-state index in [4.69, 9.17) is 0 Å². The first-order chi connectivity index (χ1) is 5.36. The zero-order valence-corrected chi connectivity index (χ0v) is 7.90. The highest BCUT2D eigenvalue weighted by Gasteiger charge is 2.01. The van der Waals surface area contributed by atoms with Crippen molar-refractivity contribution in [2.75, 3.05) is 13.1 Å². The lowest BCUT2D eigenvalue weighted by atomic mass is 10.5. The van der Waals surface area contributed by atoms with Crippen LogP contribution in [0.5, 0.6) is 0 Å². The summed E-state index contributed by atoms with van der Waals surface area (Å²) < 4.78 is 0. The van der Waals surface area contributed by atoms with Crippen molar-refractivity contribution in [1.29, 1.82) is 0 Å². The van der Waals surface area contributed by atoms with Crippen LogP contribution in [0.3, 0.4) is 0 Å². The normalized spacial score (nSPS) is 10.8. The van der Waals surface area contributed by atoms with Gasteiger partial charge in [0.2, 0.25) is 0 Å². The van der Waals surface area contributed by atoms with Crippen molar-refractivity contribution in [2.45, 2.75) is 20.4 Å². The molecule has 11 heavy (non-hydrogen) atoms. The summed E-state index contributed by atoms with van der Waals surface area (Å²) in [5.74, 6) is 0. The fourth-order valence-electron chi connectivity index (χ4n) is 0.970. The molecular weight excluding hydrogens is 156 g/mol. The topological polar surface area (TPSA) is 16.1 Å². The highest BCUT2D eigenvalue weighted by atomic mass is 32.1. The highest BCUT2D eigenvalue weighted by molar-refractivity contribution is 7.09. The molecule has 3 heteroatoms. The van der Waals surface area contributed by atoms with Crippen LogP contribution in [0.2, 0.25) is 0 Å². The summed E-state index contributed by atoms with van der Waals surface area (Å²) in [5, 5.41) is 3.24. The summed E-state index contributed by atoms with van der Waals surface area (Å²) in [5.41, 5.74) is 0. The number of hydrogen-bond acceptors (Lipinski definition) is 3. The van der Waals surface area contributed by atoms with E-state index >= 15 is 0 Å². The van der Waals surface area contributed by atoms with Crippen molar-refractivity contribution in [3.8, 4) is 0 Å². The lowest BCUT2D eigenvalue weighted by Crippen LogP contribution is -2.21. The number of thiazole rings is 1. The van der Waals surface area contributed by atoms with Gasteiger partial charge in [0, 0.05) is 11.6 Å². The zero-order chi connectivity index (χ0) is 8.10. The third-order valence-corrected chi connectivity index (χ3v) is 2.50. The maximum Gasteiger partial charge on any atom is 0.107 e. The molecule has 0 amide bonds. The Kier molecular flexibility index (Phi) is 3.52. The van der Waals surface area contributed by atoms with E-state index in [2.05, 4.69) is 23.7 Å². The molecule has 1 rings (SSSR count). The van der Waals surface area contributed by atoms with Crippen LogP contribution in [0.15, 0.2) is 11.6 Å². The van der Waals surface area contributed by atoms with Gasteiger partial charge >= 0.3 is 0 Å². The minimum Gasteiger partial charge on any atom is -0.297 e.